The minimum absolute atomic E-state index is 0.0164. The van der Waals surface area contributed by atoms with Gasteiger partial charge >= 0.3 is 0 Å². The first kappa shape index (κ1) is 14.1. The summed E-state index contributed by atoms with van der Waals surface area (Å²) in [7, 11) is 3.15. The van der Waals surface area contributed by atoms with Gasteiger partial charge in [0.1, 0.15) is 17.6 Å². The largest absolute Gasteiger partial charge is 0.497 e. The highest BCUT2D eigenvalue weighted by Gasteiger charge is 2.13. The monoisotopic (exact) mass is 254 g/mol. The lowest BCUT2D eigenvalue weighted by molar-refractivity contribution is 0.0917. The maximum Gasteiger partial charge on any atom is 0.173 e. The van der Waals surface area contributed by atoms with E-state index < -0.39 is 0 Å². The first-order chi connectivity index (χ1) is 8.62. The topological polar surface area (TPSA) is 86.3 Å². The molecule has 0 amide bonds. The lowest BCUT2D eigenvalue weighted by atomic mass is 10.1. The molecule has 1 aromatic rings. The average Bonchev–Trinajstić information content (AvgIpc) is 2.38. The molecule has 1 rings (SSSR count). The Balaban J connectivity index is 3.04. The summed E-state index contributed by atoms with van der Waals surface area (Å²) < 4.78 is 15.8. The van der Waals surface area contributed by atoms with Gasteiger partial charge < -0.3 is 25.2 Å². The van der Waals surface area contributed by atoms with Crippen LogP contribution in [-0.4, -0.2) is 38.0 Å². The van der Waals surface area contributed by atoms with Crippen LogP contribution in [0.1, 0.15) is 12.5 Å². The molecule has 0 radical (unpaired) electrons. The van der Waals surface area contributed by atoms with E-state index in [1.165, 1.54) is 0 Å². The van der Waals surface area contributed by atoms with Crippen LogP contribution in [0.3, 0.4) is 0 Å². The van der Waals surface area contributed by atoms with Crippen molar-refractivity contribution < 1.29 is 19.4 Å². The Labute approximate surface area is 106 Å². The second-order valence-electron chi connectivity index (χ2n) is 3.73. The molecule has 0 spiro atoms. The average molecular weight is 254 g/mol. The Morgan fingerprint density at radius 3 is 2.72 bits per heavy atom. The van der Waals surface area contributed by atoms with Crippen LogP contribution >= 0.6 is 0 Å². The highest BCUT2D eigenvalue weighted by Crippen LogP contribution is 2.25. The van der Waals surface area contributed by atoms with Crippen molar-refractivity contribution >= 4 is 5.84 Å². The third kappa shape index (κ3) is 3.53. The molecule has 1 unspecified atom stereocenters. The predicted molar refractivity (Wildman–Crippen MR) is 67.5 cm³/mol. The molecule has 0 aliphatic rings. The van der Waals surface area contributed by atoms with E-state index >= 15 is 0 Å². The molecule has 0 saturated heterocycles. The molecule has 0 aliphatic heterocycles. The number of amidine groups is 1. The lowest BCUT2D eigenvalue weighted by Gasteiger charge is -2.17. The van der Waals surface area contributed by atoms with Crippen molar-refractivity contribution in [2.45, 2.75) is 13.0 Å². The van der Waals surface area contributed by atoms with Crippen molar-refractivity contribution in [3.63, 3.8) is 0 Å². The molecular weight excluding hydrogens is 236 g/mol. The third-order valence-corrected chi connectivity index (χ3v) is 2.30. The summed E-state index contributed by atoms with van der Waals surface area (Å²) in [5.41, 5.74) is 6.09. The van der Waals surface area contributed by atoms with Gasteiger partial charge in [-0.2, -0.15) is 0 Å². The molecule has 0 aromatic heterocycles. The van der Waals surface area contributed by atoms with E-state index in [2.05, 4.69) is 5.16 Å². The van der Waals surface area contributed by atoms with E-state index in [-0.39, 0.29) is 11.9 Å². The minimum Gasteiger partial charge on any atom is -0.497 e. The summed E-state index contributed by atoms with van der Waals surface area (Å²) in [6, 6.07) is 5.06. The Hall–Kier alpha value is -1.95. The van der Waals surface area contributed by atoms with E-state index in [1.807, 2.05) is 6.92 Å². The quantitative estimate of drug-likeness (QED) is 0.345. The molecule has 6 nitrogen and oxygen atoms in total. The molecule has 0 bridgehead atoms. The normalized spacial score (nSPS) is 13.2. The second kappa shape index (κ2) is 6.70. The van der Waals surface area contributed by atoms with E-state index in [0.717, 1.165) is 0 Å². The Morgan fingerprint density at radius 2 is 2.17 bits per heavy atom. The molecular formula is C12H18N2O4. The molecule has 0 fully saturated rings. The first-order valence-corrected chi connectivity index (χ1v) is 5.44. The van der Waals surface area contributed by atoms with E-state index in [1.54, 1.807) is 32.4 Å². The highest BCUT2D eigenvalue weighted by molar-refractivity contribution is 5.99. The minimum atomic E-state index is -0.160. The van der Waals surface area contributed by atoms with Crippen LogP contribution in [0.4, 0.5) is 0 Å². The number of hydrogen-bond donors (Lipinski definition) is 2. The molecule has 0 heterocycles. The summed E-state index contributed by atoms with van der Waals surface area (Å²) in [6.07, 6.45) is -0.160. The fourth-order valence-corrected chi connectivity index (χ4v) is 1.48. The SMILES string of the molecule is COCC(C)Oc1cc(OC)ccc1/C(N)=N/O. The zero-order chi connectivity index (χ0) is 13.5. The van der Waals surface area contributed by atoms with Gasteiger partial charge in [0.25, 0.3) is 0 Å². The van der Waals surface area contributed by atoms with Gasteiger partial charge in [-0.3, -0.25) is 0 Å². The Bertz CT molecular complexity index is 421. The lowest BCUT2D eigenvalue weighted by Crippen LogP contribution is -2.21. The molecule has 100 valence electrons. The molecule has 0 saturated carbocycles. The maximum atomic E-state index is 8.73. The molecule has 18 heavy (non-hydrogen) atoms. The van der Waals surface area contributed by atoms with Gasteiger partial charge in [-0.15, -0.1) is 0 Å². The highest BCUT2D eigenvalue weighted by atomic mass is 16.5. The van der Waals surface area contributed by atoms with Crippen LogP contribution < -0.4 is 15.2 Å². The number of nitrogens with two attached hydrogens (primary N) is 1. The predicted octanol–water partition coefficient (Wildman–Crippen LogP) is 1.20. The fraction of sp³-hybridized carbons (Fsp3) is 0.417. The van der Waals surface area contributed by atoms with Gasteiger partial charge in [0.05, 0.1) is 19.3 Å². The van der Waals surface area contributed by atoms with Crippen molar-refractivity contribution in [1.82, 2.24) is 0 Å². The van der Waals surface area contributed by atoms with Gasteiger partial charge in [0.15, 0.2) is 5.84 Å². The zero-order valence-corrected chi connectivity index (χ0v) is 10.7. The van der Waals surface area contributed by atoms with Crippen LogP contribution in [0.25, 0.3) is 0 Å². The number of hydrogen-bond acceptors (Lipinski definition) is 5. The molecule has 1 aromatic carbocycles. The fourth-order valence-electron chi connectivity index (χ4n) is 1.48. The van der Waals surface area contributed by atoms with E-state index in [0.29, 0.717) is 23.7 Å². The van der Waals surface area contributed by atoms with Crippen LogP contribution in [-0.2, 0) is 4.74 Å². The van der Waals surface area contributed by atoms with E-state index in [9.17, 15) is 0 Å². The van der Waals surface area contributed by atoms with Crippen molar-refractivity contribution in [2.75, 3.05) is 20.8 Å². The van der Waals surface area contributed by atoms with Gasteiger partial charge in [0, 0.05) is 13.2 Å². The van der Waals surface area contributed by atoms with Crippen LogP contribution in [0.5, 0.6) is 11.5 Å². The van der Waals surface area contributed by atoms with Gasteiger partial charge in [-0.05, 0) is 19.1 Å². The van der Waals surface area contributed by atoms with Crippen molar-refractivity contribution in [3.8, 4) is 11.5 Å². The number of ether oxygens (including phenoxy) is 3. The van der Waals surface area contributed by atoms with Crippen LogP contribution in [0.2, 0.25) is 0 Å². The van der Waals surface area contributed by atoms with E-state index in [4.69, 9.17) is 25.2 Å². The Kier molecular flexibility index (Phi) is 5.26. The number of oxime groups is 1. The third-order valence-electron chi connectivity index (χ3n) is 2.30. The summed E-state index contributed by atoms with van der Waals surface area (Å²) >= 11 is 0. The van der Waals surface area contributed by atoms with Crippen LogP contribution in [0.15, 0.2) is 23.4 Å². The number of benzene rings is 1. The second-order valence-corrected chi connectivity index (χ2v) is 3.73. The number of rotatable bonds is 6. The first-order valence-electron chi connectivity index (χ1n) is 5.44. The number of methoxy groups -OCH3 is 2. The summed E-state index contributed by atoms with van der Waals surface area (Å²) in [5, 5.41) is 11.7. The van der Waals surface area contributed by atoms with Crippen molar-refractivity contribution in [1.29, 1.82) is 0 Å². The van der Waals surface area contributed by atoms with Gasteiger partial charge in [0.2, 0.25) is 0 Å². The van der Waals surface area contributed by atoms with Crippen molar-refractivity contribution in [2.24, 2.45) is 10.9 Å². The Morgan fingerprint density at radius 1 is 1.44 bits per heavy atom. The maximum absolute atomic E-state index is 8.73. The van der Waals surface area contributed by atoms with Gasteiger partial charge in [-0.1, -0.05) is 5.16 Å². The molecule has 1 atom stereocenters. The summed E-state index contributed by atoms with van der Waals surface area (Å²) in [5.74, 6) is 1.09. The van der Waals surface area contributed by atoms with Crippen LogP contribution in [0, 0.1) is 0 Å². The van der Waals surface area contributed by atoms with Gasteiger partial charge in [-0.25, -0.2) is 0 Å². The molecule has 0 aliphatic carbocycles. The standard InChI is InChI=1S/C12H18N2O4/c1-8(7-16-2)18-11-6-9(17-3)4-5-10(11)12(13)14-15/h4-6,8,15H,7H2,1-3H3,(H2,13,14). The molecule has 6 heteroatoms. The smallest absolute Gasteiger partial charge is 0.173 e. The zero-order valence-electron chi connectivity index (χ0n) is 10.7. The molecule has 3 N–H and O–H groups in total. The summed E-state index contributed by atoms with van der Waals surface area (Å²) in [4.78, 5) is 0. The number of nitrogens with zero attached hydrogens (tertiary/aromatic N) is 1. The van der Waals surface area contributed by atoms with Crippen molar-refractivity contribution in [3.05, 3.63) is 23.8 Å². The summed E-state index contributed by atoms with van der Waals surface area (Å²) in [6.45, 7) is 2.30.